The highest BCUT2D eigenvalue weighted by Crippen LogP contribution is 2.26. The lowest BCUT2D eigenvalue weighted by Gasteiger charge is -2.29. The molecule has 6 N–H and O–H groups in total. The molecule has 7 nitrogen and oxygen atoms in total. The minimum Gasteiger partial charge on any atom is -0.491 e. The molecule has 20 heavy (non-hydrogen) atoms. The molecule has 0 saturated carbocycles. The summed E-state index contributed by atoms with van der Waals surface area (Å²) in [6, 6.07) is 4.69. The summed E-state index contributed by atoms with van der Waals surface area (Å²) in [5.74, 6) is -0.367. The Morgan fingerprint density at radius 2 is 1.90 bits per heavy atom. The molecule has 0 unspecified atom stereocenters. The summed E-state index contributed by atoms with van der Waals surface area (Å²) in [6.45, 7) is 0.293. The number of aliphatic hydroxyl groups is 3. The molecule has 1 rings (SSSR count). The Labute approximate surface area is 117 Å². The molecule has 7 heteroatoms. The summed E-state index contributed by atoms with van der Waals surface area (Å²) in [5.41, 5.74) is 4.74. The van der Waals surface area contributed by atoms with E-state index in [2.05, 4.69) is 5.32 Å². The zero-order valence-electron chi connectivity index (χ0n) is 11.3. The Morgan fingerprint density at radius 3 is 2.40 bits per heavy atom. The molecule has 0 heterocycles. The predicted octanol–water partition coefficient (Wildman–Crippen LogP) is -0.887. The van der Waals surface area contributed by atoms with Crippen LogP contribution in [0.1, 0.15) is 17.3 Å². The summed E-state index contributed by atoms with van der Waals surface area (Å²) in [5, 5.41) is 30.0. The summed E-state index contributed by atoms with van der Waals surface area (Å²) in [7, 11) is 0. The van der Waals surface area contributed by atoms with E-state index in [0.717, 1.165) is 0 Å². The maximum atomic E-state index is 12.2. The second-order valence-electron chi connectivity index (χ2n) is 4.37. The molecule has 0 atom stereocenters. The van der Waals surface area contributed by atoms with Gasteiger partial charge in [-0.2, -0.15) is 0 Å². The van der Waals surface area contributed by atoms with Crippen LogP contribution in [-0.4, -0.2) is 53.2 Å². The van der Waals surface area contributed by atoms with Gasteiger partial charge < -0.3 is 31.1 Å². The monoisotopic (exact) mass is 284 g/mol. The number of rotatable bonds is 7. The average molecular weight is 284 g/mol. The molecule has 0 saturated heterocycles. The Hall–Kier alpha value is -1.83. The molecule has 1 aromatic rings. The van der Waals surface area contributed by atoms with Crippen LogP contribution in [0, 0.1) is 0 Å². The zero-order valence-corrected chi connectivity index (χ0v) is 11.3. The standard InChI is InChI=1S/C13H20N2O5/c1-2-20-11-9(4-3-5-10(11)14)12(19)15-13(6-16,7-17)8-18/h3-5,16-18H,2,6-8,14H2,1H3,(H,15,19). The van der Waals surface area contributed by atoms with E-state index in [9.17, 15) is 20.1 Å². The van der Waals surface area contributed by atoms with Gasteiger partial charge in [0.15, 0.2) is 5.75 Å². The van der Waals surface area contributed by atoms with E-state index in [1.54, 1.807) is 19.1 Å². The van der Waals surface area contributed by atoms with Crippen molar-refractivity contribution in [2.45, 2.75) is 12.5 Å². The molecular formula is C13H20N2O5. The van der Waals surface area contributed by atoms with Crippen molar-refractivity contribution >= 4 is 11.6 Å². The number of benzene rings is 1. The van der Waals surface area contributed by atoms with Gasteiger partial charge in [0.05, 0.1) is 37.7 Å². The van der Waals surface area contributed by atoms with Crippen molar-refractivity contribution in [2.75, 3.05) is 32.2 Å². The number of hydrogen-bond donors (Lipinski definition) is 5. The normalized spacial score (nSPS) is 11.2. The predicted molar refractivity (Wildman–Crippen MR) is 73.5 cm³/mol. The summed E-state index contributed by atoms with van der Waals surface area (Å²) in [4.78, 5) is 12.2. The van der Waals surface area contributed by atoms with Gasteiger partial charge in [0, 0.05) is 0 Å². The first-order chi connectivity index (χ1) is 9.53. The van der Waals surface area contributed by atoms with E-state index < -0.39 is 31.3 Å². The number of carbonyl (C=O) groups excluding carboxylic acids is 1. The van der Waals surface area contributed by atoms with Crippen molar-refractivity contribution in [1.82, 2.24) is 5.32 Å². The summed E-state index contributed by atoms with van der Waals surface area (Å²) >= 11 is 0. The largest absolute Gasteiger partial charge is 0.491 e. The number of nitrogens with one attached hydrogen (secondary N) is 1. The van der Waals surface area contributed by atoms with Crippen molar-refractivity contribution in [2.24, 2.45) is 0 Å². The van der Waals surface area contributed by atoms with E-state index >= 15 is 0 Å². The second kappa shape index (κ2) is 7.09. The van der Waals surface area contributed by atoms with E-state index in [0.29, 0.717) is 12.3 Å². The number of carbonyl (C=O) groups is 1. The Balaban J connectivity index is 3.06. The first-order valence-corrected chi connectivity index (χ1v) is 6.20. The van der Waals surface area contributed by atoms with Gasteiger partial charge in [-0.15, -0.1) is 0 Å². The van der Waals surface area contributed by atoms with Gasteiger partial charge in [0.25, 0.3) is 5.91 Å². The highest BCUT2D eigenvalue weighted by molar-refractivity contribution is 5.99. The smallest absolute Gasteiger partial charge is 0.255 e. The van der Waals surface area contributed by atoms with Crippen molar-refractivity contribution in [3.8, 4) is 5.75 Å². The second-order valence-corrected chi connectivity index (χ2v) is 4.37. The van der Waals surface area contributed by atoms with Crippen LogP contribution >= 0.6 is 0 Å². The van der Waals surface area contributed by atoms with Crippen LogP contribution in [0.4, 0.5) is 5.69 Å². The number of nitrogen functional groups attached to an aromatic ring is 1. The quantitative estimate of drug-likeness (QED) is 0.414. The molecule has 0 aliphatic rings. The van der Waals surface area contributed by atoms with Crippen LogP contribution in [-0.2, 0) is 0 Å². The Kier molecular flexibility index (Phi) is 5.75. The number of ether oxygens (including phenoxy) is 1. The van der Waals surface area contributed by atoms with Gasteiger partial charge in [-0.3, -0.25) is 4.79 Å². The Morgan fingerprint density at radius 1 is 1.30 bits per heavy atom. The fourth-order valence-corrected chi connectivity index (χ4v) is 1.62. The molecule has 1 amide bonds. The lowest BCUT2D eigenvalue weighted by molar-refractivity contribution is 0.0374. The first kappa shape index (κ1) is 16.2. The van der Waals surface area contributed by atoms with E-state index in [1.165, 1.54) is 6.07 Å². The number of amides is 1. The minimum absolute atomic E-state index is 0.173. The molecule has 0 radical (unpaired) electrons. The highest BCUT2D eigenvalue weighted by Gasteiger charge is 2.31. The van der Waals surface area contributed by atoms with Crippen LogP contribution in [0.2, 0.25) is 0 Å². The highest BCUT2D eigenvalue weighted by atomic mass is 16.5. The third-order valence-corrected chi connectivity index (χ3v) is 2.87. The van der Waals surface area contributed by atoms with Gasteiger partial charge in [-0.25, -0.2) is 0 Å². The first-order valence-electron chi connectivity index (χ1n) is 6.20. The number of para-hydroxylation sites is 1. The molecule has 112 valence electrons. The molecule has 0 aliphatic heterocycles. The molecule has 0 bridgehead atoms. The third-order valence-electron chi connectivity index (χ3n) is 2.87. The van der Waals surface area contributed by atoms with Crippen molar-refractivity contribution in [3.05, 3.63) is 23.8 Å². The zero-order chi connectivity index (χ0) is 15.2. The topological polar surface area (TPSA) is 125 Å². The SMILES string of the molecule is CCOc1c(N)cccc1C(=O)NC(CO)(CO)CO. The number of aliphatic hydroxyl groups excluding tert-OH is 3. The van der Waals surface area contributed by atoms with Gasteiger partial charge in [0.2, 0.25) is 0 Å². The molecule has 0 fully saturated rings. The van der Waals surface area contributed by atoms with Crippen molar-refractivity contribution < 1.29 is 24.9 Å². The van der Waals surface area contributed by atoms with Gasteiger partial charge in [-0.1, -0.05) is 6.07 Å². The van der Waals surface area contributed by atoms with Gasteiger partial charge in [0.1, 0.15) is 5.54 Å². The van der Waals surface area contributed by atoms with Crippen molar-refractivity contribution in [1.29, 1.82) is 0 Å². The summed E-state index contributed by atoms with van der Waals surface area (Å²) < 4.78 is 5.33. The minimum atomic E-state index is -1.49. The third kappa shape index (κ3) is 3.38. The molecule has 0 aliphatic carbocycles. The van der Waals surface area contributed by atoms with Crippen LogP contribution in [0.5, 0.6) is 5.75 Å². The fourth-order valence-electron chi connectivity index (χ4n) is 1.62. The number of nitrogens with two attached hydrogens (primary N) is 1. The maximum Gasteiger partial charge on any atom is 0.255 e. The molecule has 0 aromatic heterocycles. The average Bonchev–Trinajstić information content (AvgIpc) is 2.47. The van der Waals surface area contributed by atoms with Gasteiger partial charge in [-0.05, 0) is 19.1 Å². The lowest BCUT2D eigenvalue weighted by atomic mass is 10.0. The van der Waals surface area contributed by atoms with E-state index in [1.807, 2.05) is 0 Å². The molecule has 1 aromatic carbocycles. The molecular weight excluding hydrogens is 264 g/mol. The van der Waals surface area contributed by atoms with Crippen LogP contribution < -0.4 is 15.8 Å². The summed E-state index contributed by atoms with van der Waals surface area (Å²) in [6.07, 6.45) is 0. The van der Waals surface area contributed by atoms with Gasteiger partial charge >= 0.3 is 0 Å². The van der Waals surface area contributed by atoms with Crippen molar-refractivity contribution in [3.63, 3.8) is 0 Å². The van der Waals surface area contributed by atoms with Crippen LogP contribution in [0.15, 0.2) is 18.2 Å². The fraction of sp³-hybridized carbons (Fsp3) is 0.462. The van der Waals surface area contributed by atoms with Crippen LogP contribution in [0.25, 0.3) is 0 Å². The molecule has 0 spiro atoms. The number of hydrogen-bond acceptors (Lipinski definition) is 6. The maximum absolute atomic E-state index is 12.2. The van der Waals surface area contributed by atoms with E-state index in [-0.39, 0.29) is 11.3 Å². The lowest BCUT2D eigenvalue weighted by Crippen LogP contribution is -2.57. The van der Waals surface area contributed by atoms with E-state index in [4.69, 9.17) is 10.5 Å². The van der Waals surface area contributed by atoms with Crippen LogP contribution in [0.3, 0.4) is 0 Å². The number of anilines is 1. The Bertz CT molecular complexity index is 452.